The molecule has 28 heavy (non-hydrogen) atoms. The van der Waals surface area contributed by atoms with Gasteiger partial charge in [0.25, 0.3) is 0 Å². The Bertz CT molecular complexity index is 1150. The van der Waals surface area contributed by atoms with Crippen molar-refractivity contribution in [2.24, 2.45) is 0 Å². The highest BCUT2D eigenvalue weighted by Gasteiger charge is 2.30. The highest BCUT2D eigenvalue weighted by molar-refractivity contribution is 7.13. The Kier molecular flexibility index (Phi) is 4.51. The third-order valence-corrected chi connectivity index (χ3v) is 4.72. The number of halogens is 3. The van der Waals surface area contributed by atoms with Crippen molar-refractivity contribution in [3.63, 3.8) is 0 Å². The van der Waals surface area contributed by atoms with Gasteiger partial charge in [0.2, 0.25) is 5.82 Å². The molecule has 0 aliphatic heterocycles. The van der Waals surface area contributed by atoms with E-state index in [0.717, 1.165) is 12.1 Å². The molecular weight excluding hydrogens is 395 g/mol. The van der Waals surface area contributed by atoms with Crippen molar-refractivity contribution in [3.05, 3.63) is 69.9 Å². The molecule has 0 N–H and O–H groups in total. The van der Waals surface area contributed by atoms with Crippen LogP contribution in [-0.2, 0) is 12.7 Å². The van der Waals surface area contributed by atoms with Crippen LogP contribution in [0.25, 0.3) is 22.2 Å². The van der Waals surface area contributed by atoms with Crippen molar-refractivity contribution in [3.8, 4) is 22.2 Å². The minimum atomic E-state index is -4.39. The van der Waals surface area contributed by atoms with Crippen molar-refractivity contribution in [2.75, 3.05) is 0 Å². The van der Waals surface area contributed by atoms with Crippen LogP contribution in [0.4, 0.5) is 13.2 Å². The number of nitrogens with zero attached hydrogens (tertiary/aromatic N) is 5. The van der Waals surface area contributed by atoms with Gasteiger partial charge in [-0.05, 0) is 18.2 Å². The van der Waals surface area contributed by atoms with Gasteiger partial charge in [0.15, 0.2) is 5.82 Å². The molecule has 0 atom stereocenters. The maximum Gasteiger partial charge on any atom is 0.442 e. The van der Waals surface area contributed by atoms with E-state index in [1.165, 1.54) is 40.4 Å². The van der Waals surface area contributed by atoms with Crippen LogP contribution in [0.1, 0.15) is 11.3 Å². The zero-order valence-electron chi connectivity index (χ0n) is 13.9. The van der Waals surface area contributed by atoms with Gasteiger partial charge in [-0.3, -0.25) is 4.52 Å². The summed E-state index contributed by atoms with van der Waals surface area (Å²) < 4.78 is 44.0. The first kappa shape index (κ1) is 18.0. The molecule has 3 aromatic heterocycles. The second-order valence-electron chi connectivity index (χ2n) is 5.65. The third kappa shape index (κ3) is 3.56. The van der Waals surface area contributed by atoms with Gasteiger partial charge in [0.1, 0.15) is 5.01 Å². The minimum absolute atomic E-state index is 0.0626. The number of aromatic nitrogens is 5. The standard InChI is InChI=1S/C17H10F3N5O2S/c18-17(19,20)11-4-2-10(3-5-11)15-23-12(9-28-15)8-25-14(24-27-16(25)26)13-21-6-1-7-22-13/h1-7,9H,8H2. The highest BCUT2D eigenvalue weighted by Crippen LogP contribution is 2.31. The molecule has 11 heteroatoms. The van der Waals surface area contributed by atoms with Crippen LogP contribution in [0.5, 0.6) is 0 Å². The molecule has 3 heterocycles. The Hall–Kier alpha value is -3.34. The Morgan fingerprint density at radius 3 is 2.50 bits per heavy atom. The second kappa shape index (κ2) is 7.00. The predicted molar refractivity (Wildman–Crippen MR) is 93.4 cm³/mol. The number of hydrogen-bond acceptors (Lipinski definition) is 7. The van der Waals surface area contributed by atoms with E-state index in [1.807, 2.05) is 0 Å². The van der Waals surface area contributed by atoms with Gasteiger partial charge >= 0.3 is 11.9 Å². The first-order chi connectivity index (χ1) is 13.4. The predicted octanol–water partition coefficient (Wildman–Crippen LogP) is 3.48. The van der Waals surface area contributed by atoms with Crippen molar-refractivity contribution in [2.45, 2.75) is 12.7 Å². The first-order valence-corrected chi connectivity index (χ1v) is 8.76. The van der Waals surface area contributed by atoms with Crippen molar-refractivity contribution >= 4 is 11.3 Å². The Balaban J connectivity index is 1.60. The summed E-state index contributed by atoms with van der Waals surface area (Å²) in [4.78, 5) is 24.4. The lowest BCUT2D eigenvalue weighted by molar-refractivity contribution is -0.137. The maximum atomic E-state index is 12.7. The molecule has 142 valence electrons. The second-order valence-corrected chi connectivity index (χ2v) is 6.51. The molecule has 0 aliphatic rings. The molecule has 0 radical (unpaired) electrons. The van der Waals surface area contributed by atoms with Gasteiger partial charge < -0.3 is 0 Å². The Labute approximate surface area is 159 Å². The van der Waals surface area contributed by atoms with Crippen molar-refractivity contribution in [1.29, 1.82) is 0 Å². The van der Waals surface area contributed by atoms with Gasteiger partial charge in [0, 0.05) is 23.3 Å². The Morgan fingerprint density at radius 1 is 1.11 bits per heavy atom. The quantitative estimate of drug-likeness (QED) is 0.517. The van der Waals surface area contributed by atoms with E-state index in [4.69, 9.17) is 4.52 Å². The number of thiazole rings is 1. The largest absolute Gasteiger partial charge is 0.442 e. The van der Waals surface area contributed by atoms with Gasteiger partial charge in [0.05, 0.1) is 17.8 Å². The van der Waals surface area contributed by atoms with E-state index in [1.54, 1.807) is 11.4 Å². The van der Waals surface area contributed by atoms with Gasteiger partial charge in [-0.2, -0.15) is 13.2 Å². The van der Waals surface area contributed by atoms with E-state index in [-0.39, 0.29) is 18.2 Å². The van der Waals surface area contributed by atoms with E-state index in [9.17, 15) is 18.0 Å². The zero-order valence-corrected chi connectivity index (χ0v) is 14.7. The third-order valence-electron chi connectivity index (χ3n) is 3.78. The fraction of sp³-hybridized carbons (Fsp3) is 0.118. The van der Waals surface area contributed by atoms with Crippen LogP contribution >= 0.6 is 11.3 Å². The molecule has 1 aromatic carbocycles. The van der Waals surface area contributed by atoms with Crippen LogP contribution in [-0.4, -0.2) is 24.7 Å². The van der Waals surface area contributed by atoms with Crippen molar-refractivity contribution in [1.82, 2.24) is 24.7 Å². The molecule has 0 unspecified atom stereocenters. The van der Waals surface area contributed by atoms with Gasteiger partial charge in [-0.15, -0.1) is 11.3 Å². The number of rotatable bonds is 4. The van der Waals surface area contributed by atoms with E-state index in [0.29, 0.717) is 16.3 Å². The summed E-state index contributed by atoms with van der Waals surface area (Å²) >= 11 is 1.26. The normalized spacial score (nSPS) is 11.7. The summed E-state index contributed by atoms with van der Waals surface area (Å²) in [5, 5.41) is 5.94. The summed E-state index contributed by atoms with van der Waals surface area (Å²) in [7, 11) is 0. The van der Waals surface area contributed by atoms with Crippen LogP contribution in [0.15, 0.2) is 57.4 Å². The SMILES string of the molecule is O=c1onc(-c2ncccn2)n1Cc1csc(-c2ccc(C(F)(F)F)cc2)n1. The smallest absolute Gasteiger partial charge is 0.295 e. The molecule has 0 amide bonds. The molecular formula is C17H10F3N5O2S. The van der Waals surface area contributed by atoms with Crippen LogP contribution in [0.3, 0.4) is 0 Å². The lowest BCUT2D eigenvalue weighted by Gasteiger charge is -2.06. The maximum absolute atomic E-state index is 12.7. The molecule has 0 aliphatic carbocycles. The number of hydrogen-bond donors (Lipinski definition) is 0. The molecule has 0 fully saturated rings. The number of alkyl halides is 3. The summed E-state index contributed by atoms with van der Waals surface area (Å²) in [6.45, 7) is 0.0626. The minimum Gasteiger partial charge on any atom is -0.295 e. The summed E-state index contributed by atoms with van der Waals surface area (Å²) in [6.07, 6.45) is -1.37. The molecule has 4 aromatic rings. The van der Waals surface area contributed by atoms with Crippen LogP contribution < -0.4 is 5.76 Å². The summed E-state index contributed by atoms with van der Waals surface area (Å²) in [5.41, 5.74) is 0.354. The van der Waals surface area contributed by atoms with Gasteiger partial charge in [-0.25, -0.2) is 24.3 Å². The summed E-state index contributed by atoms with van der Waals surface area (Å²) in [5.74, 6) is -0.298. The molecule has 0 saturated carbocycles. The Morgan fingerprint density at radius 2 is 1.82 bits per heavy atom. The van der Waals surface area contributed by atoms with E-state index >= 15 is 0 Å². The lowest BCUT2D eigenvalue weighted by atomic mass is 10.1. The molecule has 4 rings (SSSR count). The molecule has 0 saturated heterocycles. The van der Waals surface area contributed by atoms with Crippen molar-refractivity contribution < 1.29 is 17.7 Å². The fourth-order valence-corrected chi connectivity index (χ4v) is 3.28. The first-order valence-electron chi connectivity index (χ1n) is 7.88. The lowest BCUT2D eigenvalue weighted by Crippen LogP contribution is -2.17. The fourth-order valence-electron chi connectivity index (χ4n) is 2.46. The van der Waals surface area contributed by atoms with Crippen LogP contribution in [0.2, 0.25) is 0 Å². The monoisotopic (exact) mass is 405 g/mol. The molecule has 0 bridgehead atoms. The van der Waals surface area contributed by atoms with E-state index < -0.39 is 17.5 Å². The van der Waals surface area contributed by atoms with Gasteiger partial charge in [-0.1, -0.05) is 17.3 Å². The molecule has 7 nitrogen and oxygen atoms in total. The topological polar surface area (TPSA) is 86.7 Å². The highest BCUT2D eigenvalue weighted by atomic mass is 32.1. The number of benzene rings is 1. The van der Waals surface area contributed by atoms with E-state index in [2.05, 4.69) is 20.1 Å². The average molecular weight is 405 g/mol. The average Bonchev–Trinajstić information content (AvgIpc) is 3.30. The summed E-state index contributed by atoms with van der Waals surface area (Å²) in [6, 6.07) is 6.36. The zero-order chi connectivity index (χ0) is 19.7. The molecule has 0 spiro atoms. The van der Waals surface area contributed by atoms with Crippen LogP contribution in [0, 0.1) is 0 Å².